The van der Waals surface area contributed by atoms with Gasteiger partial charge in [-0.05, 0) is 25.1 Å². The van der Waals surface area contributed by atoms with Crippen molar-refractivity contribution in [1.82, 2.24) is 4.90 Å². The molecular formula is C16H22BrNO3. The molecule has 2 atom stereocenters. The summed E-state index contributed by atoms with van der Waals surface area (Å²) in [5.74, 6) is 0.787. The number of alkyl halides is 1. The first-order valence-corrected chi connectivity index (χ1v) is 8.54. The van der Waals surface area contributed by atoms with Crippen LogP contribution in [0.2, 0.25) is 0 Å². The second-order valence-electron chi connectivity index (χ2n) is 6.08. The van der Waals surface area contributed by atoms with Crippen molar-refractivity contribution in [3.8, 4) is 11.5 Å². The number of hydrogen-bond donors (Lipinski definition) is 2. The molecule has 0 aromatic heterocycles. The molecule has 5 heteroatoms. The maximum absolute atomic E-state index is 10.6. The fourth-order valence-corrected chi connectivity index (χ4v) is 4.26. The van der Waals surface area contributed by atoms with Crippen LogP contribution in [0, 0.1) is 0 Å². The zero-order valence-corrected chi connectivity index (χ0v) is 13.8. The summed E-state index contributed by atoms with van der Waals surface area (Å²) in [5, 5.41) is 20.2. The summed E-state index contributed by atoms with van der Waals surface area (Å²) < 4.78 is 6.26. The lowest BCUT2D eigenvalue weighted by atomic mass is 9.81. The molecule has 2 aliphatic rings. The molecule has 1 saturated heterocycles. The predicted octanol–water partition coefficient (Wildman–Crippen LogP) is 2.83. The van der Waals surface area contributed by atoms with Gasteiger partial charge in [0.25, 0.3) is 0 Å². The summed E-state index contributed by atoms with van der Waals surface area (Å²) in [4.78, 5) is 2.32. The summed E-state index contributed by atoms with van der Waals surface area (Å²) in [7, 11) is 0. The largest absolute Gasteiger partial charge is 0.508 e. The van der Waals surface area contributed by atoms with Gasteiger partial charge in [-0.15, -0.1) is 0 Å². The van der Waals surface area contributed by atoms with Gasteiger partial charge in [-0.3, -0.25) is 0 Å². The minimum atomic E-state index is -0.605. The molecule has 1 spiro atoms. The Morgan fingerprint density at radius 2 is 2.10 bits per heavy atom. The summed E-state index contributed by atoms with van der Waals surface area (Å²) in [5.41, 5.74) is 0.362. The van der Waals surface area contributed by atoms with Gasteiger partial charge >= 0.3 is 0 Å². The number of aliphatic hydroxyl groups excluding tert-OH is 1. The number of nitrogens with zero attached hydrogens (tertiary/aromatic N) is 1. The fraction of sp³-hybridized carbons (Fsp3) is 0.625. The molecule has 1 aromatic carbocycles. The van der Waals surface area contributed by atoms with E-state index in [1.807, 2.05) is 0 Å². The second-order valence-corrected chi connectivity index (χ2v) is 7.06. The molecule has 0 radical (unpaired) electrons. The van der Waals surface area contributed by atoms with Gasteiger partial charge in [-0.25, -0.2) is 0 Å². The zero-order valence-electron chi connectivity index (χ0n) is 12.3. The number of phenolic OH excluding ortho intramolecular Hbond substituents is 1. The number of phenols is 1. The number of ether oxygens (including phenoxy) is 1. The van der Waals surface area contributed by atoms with Crippen molar-refractivity contribution in [3.05, 3.63) is 23.8 Å². The van der Waals surface area contributed by atoms with Crippen LogP contribution in [0.3, 0.4) is 0 Å². The average Bonchev–Trinajstić information content (AvgIpc) is 2.47. The molecule has 3 rings (SSSR count). The lowest BCUT2D eigenvalue weighted by Gasteiger charge is -2.49. The molecule has 116 valence electrons. The molecule has 2 aliphatic heterocycles. The number of aromatic hydroxyl groups is 1. The highest BCUT2D eigenvalue weighted by molar-refractivity contribution is 9.09. The number of halogens is 1. The maximum atomic E-state index is 10.6. The smallest absolute Gasteiger partial charge is 0.129 e. The minimum absolute atomic E-state index is 0.120. The summed E-state index contributed by atoms with van der Waals surface area (Å²) in [6.07, 6.45) is 2.32. The highest BCUT2D eigenvalue weighted by Gasteiger charge is 2.49. The van der Waals surface area contributed by atoms with E-state index in [-0.39, 0.29) is 16.2 Å². The molecule has 0 saturated carbocycles. The van der Waals surface area contributed by atoms with E-state index in [1.54, 1.807) is 18.2 Å². The van der Waals surface area contributed by atoms with Crippen molar-refractivity contribution in [3.63, 3.8) is 0 Å². The Kier molecular flexibility index (Phi) is 4.17. The molecule has 2 heterocycles. The first-order chi connectivity index (χ1) is 10.1. The molecule has 21 heavy (non-hydrogen) atoms. The normalized spacial score (nSPS) is 28.1. The Morgan fingerprint density at radius 1 is 1.38 bits per heavy atom. The van der Waals surface area contributed by atoms with Crippen LogP contribution in [-0.2, 0) is 0 Å². The van der Waals surface area contributed by atoms with Gasteiger partial charge in [-0.2, -0.15) is 0 Å². The third-order valence-electron chi connectivity index (χ3n) is 4.65. The molecule has 4 nitrogen and oxygen atoms in total. The lowest BCUT2D eigenvalue weighted by molar-refractivity contribution is -0.0449. The summed E-state index contributed by atoms with van der Waals surface area (Å²) >= 11 is 3.66. The predicted molar refractivity (Wildman–Crippen MR) is 85.1 cm³/mol. The standard InChI is InChI=1S/C16H22BrNO3/c1-2-7-18-8-5-16(6-9-18)15(17)14(20)12-4-3-11(19)10-13(12)21-16/h3-4,10,14-15,19-20H,2,5-9H2,1H3. The highest BCUT2D eigenvalue weighted by Crippen LogP contribution is 2.48. The van der Waals surface area contributed by atoms with Crippen LogP contribution in [-0.4, -0.2) is 45.2 Å². The van der Waals surface area contributed by atoms with E-state index in [0.29, 0.717) is 5.75 Å². The van der Waals surface area contributed by atoms with Gasteiger partial charge in [-0.1, -0.05) is 22.9 Å². The number of hydrogen-bond acceptors (Lipinski definition) is 4. The summed E-state index contributed by atoms with van der Waals surface area (Å²) in [6.45, 7) is 5.27. The van der Waals surface area contributed by atoms with Crippen molar-refractivity contribution in [2.24, 2.45) is 0 Å². The summed E-state index contributed by atoms with van der Waals surface area (Å²) in [6, 6.07) is 4.94. The van der Waals surface area contributed by atoms with Crippen LogP contribution in [0.5, 0.6) is 11.5 Å². The first-order valence-electron chi connectivity index (χ1n) is 7.62. The van der Waals surface area contributed by atoms with Crippen LogP contribution < -0.4 is 4.74 Å². The van der Waals surface area contributed by atoms with Crippen molar-refractivity contribution in [1.29, 1.82) is 0 Å². The Bertz CT molecular complexity index is 514. The Morgan fingerprint density at radius 3 is 2.76 bits per heavy atom. The van der Waals surface area contributed by atoms with Crippen molar-refractivity contribution < 1.29 is 14.9 Å². The number of piperidine rings is 1. The molecule has 2 unspecified atom stereocenters. The highest BCUT2D eigenvalue weighted by atomic mass is 79.9. The van der Waals surface area contributed by atoms with E-state index in [4.69, 9.17) is 4.74 Å². The number of benzene rings is 1. The molecule has 2 N–H and O–H groups in total. The SMILES string of the molecule is CCCN1CCC2(CC1)Oc1cc(O)ccc1C(O)C2Br. The van der Waals surface area contributed by atoms with Gasteiger partial charge in [0, 0.05) is 37.6 Å². The van der Waals surface area contributed by atoms with Gasteiger partial charge in [0.2, 0.25) is 0 Å². The van der Waals surface area contributed by atoms with E-state index >= 15 is 0 Å². The van der Waals surface area contributed by atoms with E-state index in [0.717, 1.165) is 44.5 Å². The van der Waals surface area contributed by atoms with E-state index in [2.05, 4.69) is 27.8 Å². The van der Waals surface area contributed by atoms with Crippen molar-refractivity contribution >= 4 is 15.9 Å². The lowest BCUT2D eigenvalue weighted by Crippen LogP contribution is -2.56. The number of likely N-dealkylation sites (tertiary alicyclic amines) is 1. The topological polar surface area (TPSA) is 52.9 Å². The second kappa shape index (κ2) is 5.78. The molecule has 1 aromatic rings. The van der Waals surface area contributed by atoms with E-state index in [1.165, 1.54) is 0 Å². The third kappa shape index (κ3) is 2.67. The van der Waals surface area contributed by atoms with Crippen LogP contribution in [0.1, 0.15) is 37.9 Å². The molecule has 0 bridgehead atoms. The van der Waals surface area contributed by atoms with Crippen molar-refractivity contribution in [2.45, 2.75) is 42.7 Å². The van der Waals surface area contributed by atoms with Crippen molar-refractivity contribution in [2.75, 3.05) is 19.6 Å². The Balaban J connectivity index is 1.85. The van der Waals surface area contributed by atoms with Crippen LogP contribution in [0.4, 0.5) is 0 Å². The fourth-order valence-electron chi connectivity index (χ4n) is 3.43. The Labute approximate surface area is 133 Å². The third-order valence-corrected chi connectivity index (χ3v) is 5.99. The number of rotatable bonds is 2. The van der Waals surface area contributed by atoms with Crippen LogP contribution >= 0.6 is 15.9 Å². The van der Waals surface area contributed by atoms with Gasteiger partial charge in [0.1, 0.15) is 17.1 Å². The monoisotopic (exact) mass is 355 g/mol. The van der Waals surface area contributed by atoms with Gasteiger partial charge in [0.15, 0.2) is 0 Å². The number of aliphatic hydroxyl groups is 1. The quantitative estimate of drug-likeness (QED) is 0.801. The molecule has 0 aliphatic carbocycles. The number of fused-ring (bicyclic) bond motifs is 1. The maximum Gasteiger partial charge on any atom is 0.129 e. The van der Waals surface area contributed by atoms with E-state index in [9.17, 15) is 10.2 Å². The van der Waals surface area contributed by atoms with E-state index < -0.39 is 6.10 Å². The first kappa shape index (κ1) is 15.1. The zero-order chi connectivity index (χ0) is 15.0. The molecular weight excluding hydrogens is 334 g/mol. The Hall–Kier alpha value is -0.780. The van der Waals surface area contributed by atoms with Gasteiger partial charge < -0.3 is 19.8 Å². The molecule has 1 fully saturated rings. The average molecular weight is 356 g/mol. The van der Waals surface area contributed by atoms with Crippen LogP contribution in [0.15, 0.2) is 18.2 Å². The van der Waals surface area contributed by atoms with Crippen LogP contribution in [0.25, 0.3) is 0 Å². The molecule has 0 amide bonds. The minimum Gasteiger partial charge on any atom is -0.508 e. The van der Waals surface area contributed by atoms with Gasteiger partial charge in [0.05, 0.1) is 10.9 Å².